The van der Waals surface area contributed by atoms with Crippen LogP contribution in [0.25, 0.3) is 0 Å². The van der Waals surface area contributed by atoms with Crippen molar-refractivity contribution < 1.29 is 4.74 Å². The third kappa shape index (κ3) is 2.46. The molecule has 0 aromatic rings. The van der Waals surface area contributed by atoms with Crippen molar-refractivity contribution in [3.63, 3.8) is 0 Å². The second-order valence-electron chi connectivity index (χ2n) is 3.72. The van der Waals surface area contributed by atoms with Crippen LogP contribution in [-0.4, -0.2) is 25.3 Å². The predicted octanol–water partition coefficient (Wildman–Crippen LogP) is 1.94. The normalized spacial score (nSPS) is 32.2. The molecule has 0 bridgehead atoms. The van der Waals surface area contributed by atoms with Crippen LogP contribution in [0.15, 0.2) is 0 Å². The molecule has 1 N–H and O–H groups in total. The van der Waals surface area contributed by atoms with E-state index in [0.29, 0.717) is 18.2 Å². The lowest BCUT2D eigenvalue weighted by Crippen LogP contribution is -2.36. The standard InChI is InChI=1S/C10H21NO/c1-4-8(2)12-10-7-5-6-9(10)11-3/h8-11H,4-7H2,1-3H3. The highest BCUT2D eigenvalue weighted by atomic mass is 16.5. The van der Waals surface area contributed by atoms with Gasteiger partial charge in [-0.1, -0.05) is 6.92 Å². The van der Waals surface area contributed by atoms with Gasteiger partial charge in [0, 0.05) is 6.04 Å². The zero-order valence-electron chi connectivity index (χ0n) is 8.47. The quantitative estimate of drug-likeness (QED) is 0.698. The van der Waals surface area contributed by atoms with E-state index in [9.17, 15) is 0 Å². The summed E-state index contributed by atoms with van der Waals surface area (Å²) in [6.45, 7) is 4.33. The highest BCUT2D eigenvalue weighted by Crippen LogP contribution is 2.23. The Balaban J connectivity index is 2.30. The van der Waals surface area contributed by atoms with Crippen molar-refractivity contribution in [3.8, 4) is 0 Å². The van der Waals surface area contributed by atoms with Crippen molar-refractivity contribution in [2.45, 2.75) is 57.8 Å². The van der Waals surface area contributed by atoms with Gasteiger partial charge in [-0.15, -0.1) is 0 Å². The van der Waals surface area contributed by atoms with Gasteiger partial charge >= 0.3 is 0 Å². The van der Waals surface area contributed by atoms with Crippen LogP contribution in [-0.2, 0) is 4.74 Å². The number of ether oxygens (including phenoxy) is 1. The average molecular weight is 171 g/mol. The molecule has 3 unspecified atom stereocenters. The van der Waals surface area contributed by atoms with Gasteiger partial charge in [0.1, 0.15) is 0 Å². The number of nitrogens with one attached hydrogen (secondary N) is 1. The van der Waals surface area contributed by atoms with Crippen LogP contribution < -0.4 is 5.32 Å². The second-order valence-corrected chi connectivity index (χ2v) is 3.72. The van der Waals surface area contributed by atoms with Gasteiger partial charge in [-0.3, -0.25) is 0 Å². The first-order chi connectivity index (χ1) is 5.77. The van der Waals surface area contributed by atoms with E-state index >= 15 is 0 Å². The van der Waals surface area contributed by atoms with Gasteiger partial charge in [0.05, 0.1) is 12.2 Å². The fraction of sp³-hybridized carbons (Fsp3) is 1.00. The molecule has 1 saturated carbocycles. The van der Waals surface area contributed by atoms with E-state index < -0.39 is 0 Å². The maximum absolute atomic E-state index is 5.90. The Morgan fingerprint density at radius 1 is 1.50 bits per heavy atom. The average Bonchev–Trinajstić information content (AvgIpc) is 2.51. The van der Waals surface area contributed by atoms with Crippen molar-refractivity contribution in [1.82, 2.24) is 5.32 Å². The molecule has 0 aromatic carbocycles. The maximum Gasteiger partial charge on any atom is 0.0731 e. The third-order valence-electron chi connectivity index (χ3n) is 2.81. The zero-order chi connectivity index (χ0) is 8.97. The van der Waals surface area contributed by atoms with Crippen molar-refractivity contribution in [2.24, 2.45) is 0 Å². The highest BCUT2D eigenvalue weighted by Gasteiger charge is 2.27. The van der Waals surface area contributed by atoms with Crippen molar-refractivity contribution in [1.29, 1.82) is 0 Å². The lowest BCUT2D eigenvalue weighted by molar-refractivity contribution is -0.0120. The molecule has 0 radical (unpaired) electrons. The summed E-state index contributed by atoms with van der Waals surface area (Å²) in [5.41, 5.74) is 0. The number of likely N-dealkylation sites (N-methyl/N-ethyl adjacent to an activating group) is 1. The minimum Gasteiger partial charge on any atom is -0.374 e. The Kier molecular flexibility index (Phi) is 4.02. The summed E-state index contributed by atoms with van der Waals surface area (Å²) in [6, 6.07) is 0.596. The van der Waals surface area contributed by atoms with E-state index in [1.54, 1.807) is 0 Å². The SMILES string of the molecule is CCC(C)OC1CCCC1NC. The van der Waals surface area contributed by atoms with E-state index in [-0.39, 0.29) is 0 Å². The Hall–Kier alpha value is -0.0800. The molecule has 2 heteroatoms. The molecule has 0 amide bonds. The molecule has 0 heterocycles. The molecule has 3 atom stereocenters. The lowest BCUT2D eigenvalue weighted by atomic mass is 10.2. The minimum atomic E-state index is 0.420. The topological polar surface area (TPSA) is 21.3 Å². The summed E-state index contributed by atoms with van der Waals surface area (Å²) >= 11 is 0. The summed E-state index contributed by atoms with van der Waals surface area (Å²) in [6.07, 6.45) is 5.82. The minimum absolute atomic E-state index is 0.420. The lowest BCUT2D eigenvalue weighted by Gasteiger charge is -2.23. The molecule has 2 nitrogen and oxygen atoms in total. The molecule has 1 rings (SSSR count). The Morgan fingerprint density at radius 3 is 2.83 bits per heavy atom. The first kappa shape index (κ1) is 10.0. The molecule has 72 valence electrons. The van der Waals surface area contributed by atoms with Crippen LogP contribution >= 0.6 is 0 Å². The van der Waals surface area contributed by atoms with Gasteiger partial charge in [0.25, 0.3) is 0 Å². The van der Waals surface area contributed by atoms with Crippen LogP contribution in [0.2, 0.25) is 0 Å². The largest absolute Gasteiger partial charge is 0.374 e. The van der Waals surface area contributed by atoms with E-state index in [2.05, 4.69) is 19.2 Å². The van der Waals surface area contributed by atoms with E-state index in [4.69, 9.17) is 4.74 Å². The summed E-state index contributed by atoms with van der Waals surface area (Å²) in [4.78, 5) is 0. The maximum atomic E-state index is 5.90. The molecule has 1 aliphatic rings. The van der Waals surface area contributed by atoms with Crippen LogP contribution in [0.4, 0.5) is 0 Å². The Labute approximate surface area is 75.7 Å². The van der Waals surface area contributed by atoms with Crippen molar-refractivity contribution in [2.75, 3.05) is 7.05 Å². The van der Waals surface area contributed by atoms with Crippen LogP contribution in [0.5, 0.6) is 0 Å². The van der Waals surface area contributed by atoms with Crippen LogP contribution in [0, 0.1) is 0 Å². The summed E-state index contributed by atoms with van der Waals surface area (Å²) in [7, 11) is 2.03. The zero-order valence-corrected chi connectivity index (χ0v) is 8.47. The van der Waals surface area contributed by atoms with E-state index in [1.807, 2.05) is 7.05 Å². The fourth-order valence-electron chi connectivity index (χ4n) is 1.81. The molecule has 0 aliphatic heterocycles. The van der Waals surface area contributed by atoms with E-state index in [0.717, 1.165) is 6.42 Å². The molecule has 0 spiro atoms. The van der Waals surface area contributed by atoms with Gasteiger partial charge in [-0.2, -0.15) is 0 Å². The van der Waals surface area contributed by atoms with Crippen LogP contribution in [0.3, 0.4) is 0 Å². The molecular formula is C10H21NO. The van der Waals surface area contributed by atoms with Gasteiger partial charge in [-0.25, -0.2) is 0 Å². The van der Waals surface area contributed by atoms with Crippen molar-refractivity contribution >= 4 is 0 Å². The molecule has 1 aliphatic carbocycles. The predicted molar refractivity (Wildman–Crippen MR) is 51.3 cm³/mol. The summed E-state index contributed by atoms with van der Waals surface area (Å²) in [5, 5.41) is 3.32. The Bertz CT molecular complexity index is 127. The molecule has 0 aromatic heterocycles. The first-order valence-corrected chi connectivity index (χ1v) is 5.10. The highest BCUT2D eigenvalue weighted by molar-refractivity contribution is 4.83. The number of hydrogen-bond acceptors (Lipinski definition) is 2. The molecule has 1 fully saturated rings. The van der Waals surface area contributed by atoms with Crippen LogP contribution in [0.1, 0.15) is 39.5 Å². The fourth-order valence-corrected chi connectivity index (χ4v) is 1.81. The van der Waals surface area contributed by atoms with E-state index in [1.165, 1.54) is 19.3 Å². The molecular weight excluding hydrogens is 150 g/mol. The Morgan fingerprint density at radius 2 is 2.25 bits per heavy atom. The smallest absolute Gasteiger partial charge is 0.0731 e. The van der Waals surface area contributed by atoms with Gasteiger partial charge < -0.3 is 10.1 Å². The molecule has 0 saturated heterocycles. The van der Waals surface area contributed by atoms with Crippen molar-refractivity contribution in [3.05, 3.63) is 0 Å². The van der Waals surface area contributed by atoms with Gasteiger partial charge in [0.2, 0.25) is 0 Å². The molecule has 12 heavy (non-hydrogen) atoms. The number of hydrogen-bond donors (Lipinski definition) is 1. The first-order valence-electron chi connectivity index (χ1n) is 5.10. The summed E-state index contributed by atoms with van der Waals surface area (Å²) in [5.74, 6) is 0. The number of rotatable bonds is 4. The van der Waals surface area contributed by atoms with Gasteiger partial charge in [0.15, 0.2) is 0 Å². The summed E-state index contributed by atoms with van der Waals surface area (Å²) < 4.78 is 5.90. The second kappa shape index (κ2) is 4.83. The van der Waals surface area contributed by atoms with Gasteiger partial charge in [-0.05, 0) is 39.7 Å². The monoisotopic (exact) mass is 171 g/mol. The third-order valence-corrected chi connectivity index (χ3v) is 2.81.